The van der Waals surface area contributed by atoms with E-state index in [0.717, 1.165) is 17.1 Å². The number of rotatable bonds is 6. The van der Waals surface area contributed by atoms with Crippen molar-refractivity contribution in [1.82, 2.24) is 4.57 Å². The van der Waals surface area contributed by atoms with Crippen LogP contribution in [-0.4, -0.2) is 4.57 Å². The summed E-state index contributed by atoms with van der Waals surface area (Å²) in [4.78, 5) is 2.42. The molecule has 0 N–H and O–H groups in total. The molecule has 0 saturated heterocycles. The van der Waals surface area contributed by atoms with Gasteiger partial charge in [0.05, 0.1) is 16.7 Å². The van der Waals surface area contributed by atoms with Crippen molar-refractivity contribution >= 4 is 91.9 Å². The Morgan fingerprint density at radius 1 is 0.356 bits per heavy atom. The van der Waals surface area contributed by atoms with Crippen molar-refractivity contribution < 1.29 is 0 Å². The highest BCUT2D eigenvalue weighted by Gasteiger charge is 2.20. The number of aromatic nitrogens is 1. The topological polar surface area (TPSA) is 8.17 Å². The summed E-state index contributed by atoms with van der Waals surface area (Å²) in [5, 5.41) is 10.1. The maximum absolute atomic E-state index is 2.45. The van der Waals surface area contributed by atoms with Crippen LogP contribution in [0.15, 0.2) is 218 Å². The lowest BCUT2D eigenvalue weighted by Crippen LogP contribution is -2.10. The summed E-state index contributed by atoms with van der Waals surface area (Å²) >= 11 is 1.87. The van der Waals surface area contributed by atoms with Crippen LogP contribution in [0.25, 0.3) is 91.5 Å². The van der Waals surface area contributed by atoms with Crippen LogP contribution in [0.5, 0.6) is 0 Å². The van der Waals surface area contributed by atoms with E-state index in [1.807, 2.05) is 11.3 Å². The van der Waals surface area contributed by atoms with Crippen LogP contribution in [-0.2, 0) is 0 Å². The molecule has 2 aromatic heterocycles. The van der Waals surface area contributed by atoms with Crippen molar-refractivity contribution in [2.75, 3.05) is 4.90 Å². The second-order valence-electron chi connectivity index (χ2n) is 15.3. The predicted octanol–water partition coefficient (Wildman–Crippen LogP) is 16.3. The van der Waals surface area contributed by atoms with Crippen LogP contribution in [0, 0.1) is 0 Å². The standard InChI is InChI=1S/C56H36N2S/c1-3-19-44-37(13-1)15-10-23-45(44)39-29-31-41(32-30-39)57(51-26-11-16-38-14-2-4-20-46(38)51)42-18-9-17-40(35-42)47-24-12-27-53-56(47)50-22-5-7-25-52(50)58(53)43-33-34-49-48-21-6-8-28-54(48)59-55(49)36-43/h1-36H. The van der Waals surface area contributed by atoms with Crippen molar-refractivity contribution in [3.05, 3.63) is 218 Å². The van der Waals surface area contributed by atoms with Gasteiger partial charge in [0.15, 0.2) is 0 Å². The molecule has 12 aromatic rings. The molecule has 0 spiro atoms. The molecule has 3 heteroatoms. The molecule has 0 aliphatic heterocycles. The molecule has 0 radical (unpaired) electrons. The van der Waals surface area contributed by atoms with Crippen molar-refractivity contribution in [1.29, 1.82) is 0 Å². The van der Waals surface area contributed by atoms with Gasteiger partial charge in [-0.15, -0.1) is 11.3 Å². The predicted molar refractivity (Wildman–Crippen MR) is 254 cm³/mol. The van der Waals surface area contributed by atoms with E-state index in [1.54, 1.807) is 0 Å². The first-order valence-corrected chi connectivity index (χ1v) is 21.0. The number of nitrogens with zero attached hydrogens (tertiary/aromatic N) is 2. The molecule has 0 unspecified atom stereocenters. The Bertz CT molecular complexity index is 3560. The van der Waals surface area contributed by atoms with Gasteiger partial charge in [0.25, 0.3) is 0 Å². The number of thiophene rings is 1. The zero-order valence-corrected chi connectivity index (χ0v) is 32.9. The van der Waals surface area contributed by atoms with Gasteiger partial charge in [0, 0.05) is 53.4 Å². The van der Waals surface area contributed by atoms with E-state index < -0.39 is 0 Å². The van der Waals surface area contributed by atoms with Crippen LogP contribution >= 0.6 is 11.3 Å². The average molecular weight is 769 g/mol. The molecule has 10 aromatic carbocycles. The Hall–Kier alpha value is -7.46. The van der Waals surface area contributed by atoms with Crippen molar-refractivity contribution in [2.45, 2.75) is 0 Å². The largest absolute Gasteiger partial charge is 0.310 e. The molecular formula is C56H36N2S. The highest BCUT2D eigenvalue weighted by Crippen LogP contribution is 2.44. The third-order valence-corrected chi connectivity index (χ3v) is 13.1. The van der Waals surface area contributed by atoms with Gasteiger partial charge in [-0.05, 0) is 99.1 Å². The number of benzene rings is 10. The van der Waals surface area contributed by atoms with Gasteiger partial charge >= 0.3 is 0 Å². The molecule has 276 valence electrons. The second kappa shape index (κ2) is 13.6. The van der Waals surface area contributed by atoms with Crippen molar-refractivity contribution in [3.8, 4) is 27.9 Å². The zero-order chi connectivity index (χ0) is 38.9. The first-order valence-electron chi connectivity index (χ1n) is 20.2. The van der Waals surface area contributed by atoms with Crippen molar-refractivity contribution in [3.63, 3.8) is 0 Å². The number of hydrogen-bond donors (Lipinski definition) is 0. The van der Waals surface area contributed by atoms with Gasteiger partial charge in [-0.3, -0.25) is 0 Å². The zero-order valence-electron chi connectivity index (χ0n) is 32.1. The number of para-hydroxylation sites is 1. The number of anilines is 3. The van der Waals surface area contributed by atoms with Gasteiger partial charge in [0.1, 0.15) is 0 Å². The molecule has 0 atom stereocenters. The van der Waals surface area contributed by atoms with Gasteiger partial charge in [0.2, 0.25) is 0 Å². The lowest BCUT2D eigenvalue weighted by Gasteiger charge is -2.27. The Labute approximate surface area is 346 Å². The molecular weight excluding hydrogens is 733 g/mol. The summed E-state index contributed by atoms with van der Waals surface area (Å²) in [5.41, 5.74) is 11.8. The third-order valence-electron chi connectivity index (χ3n) is 12.0. The fourth-order valence-corrected chi connectivity index (χ4v) is 10.4. The Balaban J connectivity index is 1.03. The summed E-state index contributed by atoms with van der Waals surface area (Å²) in [5.74, 6) is 0. The molecule has 0 aliphatic rings. The first kappa shape index (κ1) is 33.7. The van der Waals surface area contributed by atoms with Crippen LogP contribution in [0.3, 0.4) is 0 Å². The molecule has 59 heavy (non-hydrogen) atoms. The summed E-state index contributed by atoms with van der Waals surface area (Å²) in [7, 11) is 0. The quantitative estimate of drug-likeness (QED) is 0.164. The molecule has 2 nitrogen and oxygen atoms in total. The highest BCUT2D eigenvalue weighted by atomic mass is 32.1. The van der Waals surface area contributed by atoms with E-state index in [1.165, 1.54) is 91.5 Å². The highest BCUT2D eigenvalue weighted by molar-refractivity contribution is 7.25. The van der Waals surface area contributed by atoms with Crippen LogP contribution in [0.2, 0.25) is 0 Å². The van der Waals surface area contributed by atoms with Crippen LogP contribution in [0.1, 0.15) is 0 Å². The number of hydrogen-bond acceptors (Lipinski definition) is 2. The van der Waals surface area contributed by atoms with Gasteiger partial charge in [-0.1, -0.05) is 158 Å². The van der Waals surface area contributed by atoms with E-state index in [2.05, 4.69) is 228 Å². The van der Waals surface area contributed by atoms with Gasteiger partial charge in [-0.2, -0.15) is 0 Å². The van der Waals surface area contributed by atoms with E-state index in [-0.39, 0.29) is 0 Å². The van der Waals surface area contributed by atoms with Crippen molar-refractivity contribution in [2.24, 2.45) is 0 Å². The van der Waals surface area contributed by atoms with Gasteiger partial charge in [-0.25, -0.2) is 0 Å². The third kappa shape index (κ3) is 5.47. The second-order valence-corrected chi connectivity index (χ2v) is 16.4. The van der Waals surface area contributed by atoms with Gasteiger partial charge < -0.3 is 9.47 Å². The molecule has 0 saturated carbocycles. The Morgan fingerprint density at radius 3 is 1.85 bits per heavy atom. The molecule has 12 rings (SSSR count). The molecule has 0 amide bonds. The lowest BCUT2D eigenvalue weighted by molar-refractivity contribution is 1.19. The van der Waals surface area contributed by atoms with E-state index in [0.29, 0.717) is 0 Å². The van der Waals surface area contributed by atoms with E-state index >= 15 is 0 Å². The van der Waals surface area contributed by atoms with Crippen LogP contribution < -0.4 is 4.90 Å². The Morgan fingerprint density at radius 2 is 0.983 bits per heavy atom. The maximum Gasteiger partial charge on any atom is 0.0547 e. The first-order chi connectivity index (χ1) is 29.3. The minimum absolute atomic E-state index is 1.10. The molecule has 0 bridgehead atoms. The fourth-order valence-electron chi connectivity index (χ4n) is 9.30. The maximum atomic E-state index is 2.45. The SMILES string of the molecule is c1cc(-c2cccc3c2c2ccccc2n3-c2ccc3c(c2)sc2ccccc23)cc(N(c2ccc(-c3cccc4ccccc34)cc2)c2cccc3ccccc23)c1. The molecule has 0 fully saturated rings. The minimum atomic E-state index is 1.10. The summed E-state index contributed by atoms with van der Waals surface area (Å²) in [6.07, 6.45) is 0. The summed E-state index contributed by atoms with van der Waals surface area (Å²) in [6.45, 7) is 0. The van der Waals surface area contributed by atoms with Crippen LogP contribution in [0.4, 0.5) is 17.1 Å². The summed E-state index contributed by atoms with van der Waals surface area (Å²) in [6, 6.07) is 80.0. The lowest BCUT2D eigenvalue weighted by atomic mass is 9.97. The van der Waals surface area contributed by atoms with E-state index in [4.69, 9.17) is 0 Å². The minimum Gasteiger partial charge on any atom is -0.310 e. The fraction of sp³-hybridized carbons (Fsp3) is 0. The number of fused-ring (bicyclic) bond motifs is 8. The van der Waals surface area contributed by atoms with E-state index in [9.17, 15) is 0 Å². The smallest absolute Gasteiger partial charge is 0.0547 e. The monoisotopic (exact) mass is 768 g/mol. The Kier molecular flexibility index (Phi) is 7.75. The molecule has 2 heterocycles. The summed E-state index contributed by atoms with van der Waals surface area (Å²) < 4.78 is 5.07. The average Bonchev–Trinajstić information content (AvgIpc) is 3.85. The normalized spacial score (nSPS) is 11.7. The molecule has 0 aliphatic carbocycles.